The molecule has 11 nitrogen and oxygen atoms in total. The molecule has 1 aromatic carbocycles. The third-order valence-electron chi connectivity index (χ3n) is 4.05. The molecule has 170 valence electrons. The highest BCUT2D eigenvalue weighted by molar-refractivity contribution is 14.1. The van der Waals surface area contributed by atoms with Gasteiger partial charge in [-0.3, -0.25) is 9.59 Å². The molecule has 12 heteroatoms. The van der Waals surface area contributed by atoms with Crippen LogP contribution in [-0.2, 0) is 19.1 Å². The van der Waals surface area contributed by atoms with Gasteiger partial charge in [-0.15, -0.1) is 0 Å². The Labute approximate surface area is 191 Å². The molecule has 2 amide bonds. The third kappa shape index (κ3) is 10.6. The molecule has 0 aliphatic rings. The monoisotopic (exact) mass is 548 g/mol. The zero-order chi connectivity index (χ0) is 23.4. The van der Waals surface area contributed by atoms with Crippen molar-refractivity contribution in [2.24, 2.45) is 0 Å². The maximum Gasteiger partial charge on any atom is 0.408 e. The summed E-state index contributed by atoms with van der Waals surface area (Å²) in [5.74, 6) is -4.37. The zero-order valence-corrected chi connectivity index (χ0v) is 18.5. The largest absolute Gasteiger partial charge is 0.481 e. The smallest absolute Gasteiger partial charge is 0.408 e. The molecule has 0 aromatic heterocycles. The topological polar surface area (TPSA) is 179 Å². The van der Waals surface area contributed by atoms with Crippen LogP contribution in [0.4, 0.5) is 4.79 Å². The van der Waals surface area contributed by atoms with Gasteiger partial charge in [0, 0.05) is 22.1 Å². The number of carbonyl (C=O) groups excluding carboxylic acids is 2. The van der Waals surface area contributed by atoms with E-state index >= 15 is 0 Å². The minimum absolute atomic E-state index is 0.0466. The SMILES string of the molecule is O=C(O)CC[C@H](NC(=O)O[C@@H](CCCCNC(=O)c1ccc([125I])cc1)C(=O)O)C(=O)O. The number of rotatable bonds is 13. The Morgan fingerprint density at radius 3 is 2.13 bits per heavy atom. The molecule has 0 saturated carbocycles. The number of ether oxygens (including phenoxy) is 1. The first kappa shape index (κ1) is 26.1. The van der Waals surface area contributed by atoms with Crippen molar-refractivity contribution < 1.29 is 44.0 Å². The number of carbonyl (C=O) groups is 5. The lowest BCUT2D eigenvalue weighted by molar-refractivity contribution is -0.147. The Bertz CT molecular complexity index is 798. The summed E-state index contributed by atoms with van der Waals surface area (Å²) in [6, 6.07) is 5.45. The number of benzene rings is 1. The van der Waals surface area contributed by atoms with Crippen LogP contribution in [0.25, 0.3) is 0 Å². The Balaban J connectivity index is 2.41. The number of alkyl carbamates (subject to hydrolysis) is 1. The van der Waals surface area contributed by atoms with Gasteiger partial charge in [0.1, 0.15) is 6.04 Å². The van der Waals surface area contributed by atoms with Crippen LogP contribution in [-0.4, -0.2) is 63.9 Å². The average molecular weight is 548 g/mol. The van der Waals surface area contributed by atoms with Crippen molar-refractivity contribution in [3.63, 3.8) is 0 Å². The molecule has 0 aliphatic heterocycles. The summed E-state index contributed by atoms with van der Waals surface area (Å²) in [5.41, 5.74) is 0.500. The van der Waals surface area contributed by atoms with Crippen LogP contribution >= 0.6 is 22.6 Å². The Morgan fingerprint density at radius 2 is 1.58 bits per heavy atom. The summed E-state index contributed by atoms with van der Waals surface area (Å²) in [6.07, 6.45) is -2.95. The van der Waals surface area contributed by atoms with E-state index in [-0.39, 0.29) is 18.7 Å². The summed E-state index contributed by atoms with van der Waals surface area (Å²) in [5, 5.41) is 31.5. The minimum atomic E-state index is -1.52. The quantitative estimate of drug-likeness (QED) is 0.181. The fourth-order valence-corrected chi connectivity index (χ4v) is 2.78. The second-order valence-corrected chi connectivity index (χ2v) is 7.70. The number of hydrogen-bond acceptors (Lipinski definition) is 6. The van der Waals surface area contributed by atoms with E-state index in [0.29, 0.717) is 24.9 Å². The molecule has 0 heterocycles. The van der Waals surface area contributed by atoms with Crippen molar-refractivity contribution in [2.75, 3.05) is 6.54 Å². The van der Waals surface area contributed by atoms with Crippen LogP contribution in [0.2, 0.25) is 0 Å². The lowest BCUT2D eigenvalue weighted by atomic mass is 10.1. The van der Waals surface area contributed by atoms with E-state index in [0.717, 1.165) is 3.57 Å². The van der Waals surface area contributed by atoms with E-state index in [9.17, 15) is 29.1 Å². The number of carboxylic acids is 3. The molecule has 0 radical (unpaired) electrons. The predicted molar refractivity (Wildman–Crippen MR) is 115 cm³/mol. The van der Waals surface area contributed by atoms with Gasteiger partial charge in [-0.25, -0.2) is 14.4 Å². The fraction of sp³-hybridized carbons (Fsp3) is 0.421. The van der Waals surface area contributed by atoms with E-state index < -0.39 is 42.6 Å². The van der Waals surface area contributed by atoms with E-state index in [2.05, 4.69) is 27.9 Å². The molecule has 2 atom stereocenters. The number of aliphatic carboxylic acids is 3. The summed E-state index contributed by atoms with van der Waals surface area (Å²) in [6.45, 7) is 0.291. The van der Waals surface area contributed by atoms with Gasteiger partial charge in [0.2, 0.25) is 6.10 Å². The van der Waals surface area contributed by atoms with Gasteiger partial charge in [0.05, 0.1) is 0 Å². The van der Waals surface area contributed by atoms with Crippen molar-refractivity contribution in [3.8, 4) is 0 Å². The van der Waals surface area contributed by atoms with Crippen molar-refractivity contribution in [3.05, 3.63) is 33.4 Å². The van der Waals surface area contributed by atoms with Gasteiger partial charge in [-0.2, -0.15) is 0 Å². The summed E-state index contributed by atoms with van der Waals surface area (Å²) < 4.78 is 5.75. The third-order valence-corrected chi connectivity index (χ3v) is 4.77. The Kier molecular flexibility index (Phi) is 11.3. The van der Waals surface area contributed by atoms with Gasteiger partial charge >= 0.3 is 24.0 Å². The fourth-order valence-electron chi connectivity index (χ4n) is 2.42. The molecule has 0 spiro atoms. The lowest BCUT2D eigenvalue weighted by Gasteiger charge is -2.17. The van der Waals surface area contributed by atoms with Crippen LogP contribution in [0.15, 0.2) is 24.3 Å². The number of hydrogen-bond donors (Lipinski definition) is 5. The van der Waals surface area contributed by atoms with Gasteiger partial charge in [0.15, 0.2) is 0 Å². The van der Waals surface area contributed by atoms with E-state index in [1.807, 2.05) is 5.32 Å². The molecule has 0 saturated heterocycles. The summed E-state index contributed by atoms with van der Waals surface area (Å²) >= 11 is 2.12. The summed E-state index contributed by atoms with van der Waals surface area (Å²) in [7, 11) is 0. The van der Waals surface area contributed by atoms with E-state index in [4.69, 9.17) is 14.9 Å². The van der Waals surface area contributed by atoms with Crippen molar-refractivity contribution in [2.45, 2.75) is 44.2 Å². The van der Waals surface area contributed by atoms with Crippen molar-refractivity contribution in [1.29, 1.82) is 0 Å². The minimum Gasteiger partial charge on any atom is -0.481 e. The number of amides is 2. The highest BCUT2D eigenvalue weighted by Crippen LogP contribution is 2.09. The zero-order valence-electron chi connectivity index (χ0n) is 16.4. The first-order valence-electron chi connectivity index (χ1n) is 9.28. The molecular weight excluding hydrogens is 525 g/mol. The molecule has 0 fully saturated rings. The predicted octanol–water partition coefficient (Wildman–Crippen LogP) is 1.69. The first-order chi connectivity index (χ1) is 14.6. The normalized spacial score (nSPS) is 12.3. The maximum absolute atomic E-state index is 12.0. The highest BCUT2D eigenvalue weighted by Gasteiger charge is 2.26. The molecule has 0 unspecified atom stereocenters. The second-order valence-electron chi connectivity index (χ2n) is 6.46. The average Bonchev–Trinajstić information content (AvgIpc) is 2.69. The van der Waals surface area contributed by atoms with Crippen LogP contribution in [0, 0.1) is 3.57 Å². The van der Waals surface area contributed by atoms with Crippen LogP contribution < -0.4 is 10.6 Å². The Hall–Kier alpha value is -2.90. The molecule has 31 heavy (non-hydrogen) atoms. The lowest BCUT2D eigenvalue weighted by Crippen LogP contribution is -2.43. The van der Waals surface area contributed by atoms with E-state index in [1.54, 1.807) is 24.3 Å². The van der Waals surface area contributed by atoms with Gasteiger partial charge in [0.25, 0.3) is 5.91 Å². The number of nitrogens with one attached hydrogen (secondary N) is 2. The van der Waals surface area contributed by atoms with Crippen LogP contribution in [0.1, 0.15) is 42.5 Å². The van der Waals surface area contributed by atoms with Gasteiger partial charge in [-0.05, 0) is 72.5 Å². The van der Waals surface area contributed by atoms with Crippen molar-refractivity contribution >= 4 is 52.5 Å². The van der Waals surface area contributed by atoms with Gasteiger partial charge in [-0.1, -0.05) is 0 Å². The molecule has 0 aliphatic carbocycles. The maximum atomic E-state index is 12.0. The molecule has 1 aromatic rings. The van der Waals surface area contributed by atoms with Crippen LogP contribution in [0.5, 0.6) is 0 Å². The molecular formula is C19H23IN2O9. The standard InChI is InChI=1S/C19H23IN2O9/c20-12-6-4-11(5-7-12)16(25)21-10-2-1-3-14(18(28)29)31-19(30)22-13(17(26)27)8-9-15(23)24/h4-7,13-14H,1-3,8-10H2,(H,21,25)(H,22,30)(H,23,24)(H,26,27)(H,28,29)/t13-,14-/m0/s1/i20-2. The second kappa shape index (κ2) is 13.4. The van der Waals surface area contributed by atoms with Crippen molar-refractivity contribution in [1.82, 2.24) is 10.6 Å². The molecule has 0 bridgehead atoms. The number of carboxylic acid groups (broad SMARTS) is 3. The molecule has 1 rings (SSSR count). The van der Waals surface area contributed by atoms with E-state index in [1.165, 1.54) is 0 Å². The number of halogens is 1. The van der Waals surface area contributed by atoms with Gasteiger partial charge < -0.3 is 30.7 Å². The highest BCUT2D eigenvalue weighted by atomic mass is 125. The van der Waals surface area contributed by atoms with Crippen LogP contribution in [0.3, 0.4) is 0 Å². The molecule has 5 N–H and O–H groups in total. The Morgan fingerprint density at radius 1 is 0.935 bits per heavy atom. The first-order valence-corrected chi connectivity index (χ1v) is 10.4. The summed E-state index contributed by atoms with van der Waals surface area (Å²) in [4.78, 5) is 56.7. The number of unbranched alkanes of at least 4 members (excludes halogenated alkanes) is 1.